The predicted molar refractivity (Wildman–Crippen MR) is 82.9 cm³/mol. The van der Waals surface area contributed by atoms with E-state index in [0.29, 0.717) is 11.4 Å². The van der Waals surface area contributed by atoms with Crippen molar-refractivity contribution < 1.29 is 13.2 Å². The Labute approximate surface area is 128 Å². The van der Waals surface area contributed by atoms with Crippen molar-refractivity contribution in [2.75, 3.05) is 12.8 Å². The number of methoxy groups -OCH3 is 1. The standard InChI is InChI=1S/C14H15ClN2O3S/c1-20-14-7-6-12(8-13(14)15)21(18,19)17-9-10-2-4-11(16)5-3-10/h2-8,17H,9,16H2,1H3. The Morgan fingerprint density at radius 3 is 2.43 bits per heavy atom. The monoisotopic (exact) mass is 326 g/mol. The summed E-state index contributed by atoms with van der Waals surface area (Å²) in [6, 6.07) is 11.3. The van der Waals surface area contributed by atoms with Gasteiger partial charge in [0.15, 0.2) is 0 Å². The Morgan fingerprint density at radius 2 is 1.86 bits per heavy atom. The maximum absolute atomic E-state index is 12.2. The van der Waals surface area contributed by atoms with Crippen molar-refractivity contribution in [2.24, 2.45) is 0 Å². The average Bonchev–Trinajstić information content (AvgIpc) is 2.46. The molecule has 0 aromatic heterocycles. The molecule has 0 atom stereocenters. The zero-order chi connectivity index (χ0) is 15.5. The van der Waals surface area contributed by atoms with Crippen molar-refractivity contribution in [3.05, 3.63) is 53.1 Å². The SMILES string of the molecule is COc1ccc(S(=O)(=O)NCc2ccc(N)cc2)cc1Cl. The van der Waals surface area contributed by atoms with Gasteiger partial charge in [0.1, 0.15) is 5.75 Å². The molecule has 0 saturated carbocycles. The van der Waals surface area contributed by atoms with Crippen LogP contribution in [0.25, 0.3) is 0 Å². The van der Waals surface area contributed by atoms with Crippen LogP contribution >= 0.6 is 11.6 Å². The number of hydrogen-bond acceptors (Lipinski definition) is 4. The number of nitrogen functional groups attached to an aromatic ring is 1. The van der Waals surface area contributed by atoms with E-state index in [0.717, 1.165) is 5.56 Å². The molecule has 0 saturated heterocycles. The second kappa shape index (κ2) is 6.34. The van der Waals surface area contributed by atoms with Gasteiger partial charge in [0.05, 0.1) is 17.0 Å². The van der Waals surface area contributed by atoms with Crippen molar-refractivity contribution in [1.29, 1.82) is 0 Å². The minimum absolute atomic E-state index is 0.0868. The summed E-state index contributed by atoms with van der Waals surface area (Å²) in [4.78, 5) is 0.0868. The molecule has 3 N–H and O–H groups in total. The van der Waals surface area contributed by atoms with E-state index in [1.54, 1.807) is 24.3 Å². The van der Waals surface area contributed by atoms with Crippen LogP contribution in [0.1, 0.15) is 5.56 Å². The van der Waals surface area contributed by atoms with Gasteiger partial charge in [0.25, 0.3) is 0 Å². The van der Waals surface area contributed by atoms with Gasteiger partial charge in [-0.25, -0.2) is 13.1 Å². The van der Waals surface area contributed by atoms with Gasteiger partial charge in [0.2, 0.25) is 10.0 Å². The van der Waals surface area contributed by atoms with Crippen LogP contribution in [0.4, 0.5) is 5.69 Å². The normalized spacial score (nSPS) is 11.3. The molecule has 0 bridgehead atoms. The minimum Gasteiger partial charge on any atom is -0.495 e. The number of sulfonamides is 1. The summed E-state index contributed by atoms with van der Waals surface area (Å²) in [5, 5.41) is 0.243. The number of halogens is 1. The van der Waals surface area contributed by atoms with Crippen molar-refractivity contribution in [2.45, 2.75) is 11.4 Å². The summed E-state index contributed by atoms with van der Waals surface area (Å²) in [6.07, 6.45) is 0. The average molecular weight is 327 g/mol. The number of benzene rings is 2. The van der Waals surface area contributed by atoms with Crippen molar-refractivity contribution in [3.8, 4) is 5.75 Å². The second-order valence-corrected chi connectivity index (χ2v) is 6.54. The summed E-state index contributed by atoms with van der Waals surface area (Å²) in [5.74, 6) is 0.425. The molecule has 2 aromatic carbocycles. The molecule has 112 valence electrons. The lowest BCUT2D eigenvalue weighted by molar-refractivity contribution is 0.414. The molecule has 0 aliphatic rings. The van der Waals surface area contributed by atoms with Gasteiger partial charge >= 0.3 is 0 Å². The lowest BCUT2D eigenvalue weighted by atomic mass is 10.2. The third-order valence-corrected chi connectivity index (χ3v) is 4.57. The highest BCUT2D eigenvalue weighted by Crippen LogP contribution is 2.26. The summed E-state index contributed by atoms with van der Waals surface area (Å²) in [7, 11) is -2.17. The van der Waals surface area contributed by atoms with Gasteiger partial charge < -0.3 is 10.5 Å². The molecule has 0 heterocycles. The van der Waals surface area contributed by atoms with Crippen LogP contribution in [-0.4, -0.2) is 15.5 Å². The number of ether oxygens (including phenoxy) is 1. The van der Waals surface area contributed by atoms with Crippen LogP contribution in [0.3, 0.4) is 0 Å². The first-order valence-corrected chi connectivity index (χ1v) is 7.96. The Kier molecular flexibility index (Phi) is 4.72. The zero-order valence-electron chi connectivity index (χ0n) is 11.3. The fraction of sp³-hybridized carbons (Fsp3) is 0.143. The summed E-state index contributed by atoms with van der Waals surface area (Å²) in [6.45, 7) is 0.173. The largest absolute Gasteiger partial charge is 0.495 e. The fourth-order valence-electron chi connectivity index (χ4n) is 1.71. The van der Waals surface area contributed by atoms with Gasteiger partial charge in [-0.1, -0.05) is 23.7 Å². The van der Waals surface area contributed by atoms with E-state index < -0.39 is 10.0 Å². The first-order chi connectivity index (χ1) is 9.92. The van der Waals surface area contributed by atoms with Gasteiger partial charge in [-0.2, -0.15) is 0 Å². The van der Waals surface area contributed by atoms with Crippen molar-refractivity contribution >= 4 is 27.3 Å². The van der Waals surface area contributed by atoms with E-state index in [1.165, 1.54) is 25.3 Å². The third kappa shape index (κ3) is 3.87. The van der Waals surface area contributed by atoms with Gasteiger partial charge in [-0.3, -0.25) is 0 Å². The Morgan fingerprint density at radius 1 is 1.19 bits per heavy atom. The smallest absolute Gasteiger partial charge is 0.240 e. The van der Waals surface area contributed by atoms with E-state index in [1.807, 2.05) is 0 Å². The van der Waals surface area contributed by atoms with Crippen LogP contribution in [-0.2, 0) is 16.6 Å². The predicted octanol–water partition coefficient (Wildman–Crippen LogP) is 2.41. The number of nitrogens with one attached hydrogen (secondary N) is 1. The summed E-state index contributed by atoms with van der Waals surface area (Å²) in [5.41, 5.74) is 7.02. The molecule has 0 aliphatic carbocycles. The molecule has 0 spiro atoms. The molecule has 21 heavy (non-hydrogen) atoms. The molecule has 5 nitrogen and oxygen atoms in total. The number of nitrogens with two attached hydrogens (primary N) is 1. The topological polar surface area (TPSA) is 81.4 Å². The van der Waals surface area contributed by atoms with Crippen molar-refractivity contribution in [1.82, 2.24) is 4.72 Å². The highest BCUT2D eigenvalue weighted by Gasteiger charge is 2.15. The molecule has 0 amide bonds. The lowest BCUT2D eigenvalue weighted by Crippen LogP contribution is -2.23. The van der Waals surface area contributed by atoms with Gasteiger partial charge in [0, 0.05) is 12.2 Å². The molecule has 0 fully saturated rings. The van der Waals surface area contributed by atoms with E-state index in [-0.39, 0.29) is 16.5 Å². The van der Waals surface area contributed by atoms with E-state index in [4.69, 9.17) is 22.1 Å². The quantitative estimate of drug-likeness (QED) is 0.827. The minimum atomic E-state index is -3.64. The highest BCUT2D eigenvalue weighted by molar-refractivity contribution is 7.89. The molecule has 2 rings (SSSR count). The maximum atomic E-state index is 12.2. The molecule has 2 aromatic rings. The molecule has 0 radical (unpaired) electrons. The van der Waals surface area contributed by atoms with Crippen LogP contribution in [0.15, 0.2) is 47.4 Å². The molecule has 0 aliphatic heterocycles. The van der Waals surface area contributed by atoms with E-state index in [2.05, 4.69) is 4.72 Å². The summed E-state index contributed by atoms with van der Waals surface area (Å²) < 4.78 is 31.9. The van der Waals surface area contributed by atoms with Crippen molar-refractivity contribution in [3.63, 3.8) is 0 Å². The molecular formula is C14H15ClN2O3S. The summed E-state index contributed by atoms with van der Waals surface area (Å²) >= 11 is 5.94. The lowest BCUT2D eigenvalue weighted by Gasteiger charge is -2.09. The van der Waals surface area contributed by atoms with Gasteiger partial charge in [-0.15, -0.1) is 0 Å². The Hall–Kier alpha value is -1.76. The van der Waals surface area contributed by atoms with Crippen LogP contribution in [0.5, 0.6) is 5.75 Å². The van der Waals surface area contributed by atoms with Crippen LogP contribution in [0.2, 0.25) is 5.02 Å². The first-order valence-electron chi connectivity index (χ1n) is 6.10. The maximum Gasteiger partial charge on any atom is 0.240 e. The molecule has 7 heteroatoms. The van der Waals surface area contributed by atoms with Gasteiger partial charge in [-0.05, 0) is 35.9 Å². The first kappa shape index (κ1) is 15.6. The van der Waals surface area contributed by atoms with Crippen LogP contribution in [0, 0.1) is 0 Å². The molecular weight excluding hydrogens is 312 g/mol. The highest BCUT2D eigenvalue weighted by atomic mass is 35.5. The fourth-order valence-corrected chi connectivity index (χ4v) is 3.08. The number of hydrogen-bond donors (Lipinski definition) is 2. The zero-order valence-corrected chi connectivity index (χ0v) is 12.9. The number of rotatable bonds is 5. The van der Waals surface area contributed by atoms with E-state index in [9.17, 15) is 8.42 Å². The third-order valence-electron chi connectivity index (χ3n) is 2.88. The Bertz CT molecular complexity index is 730. The molecule has 0 unspecified atom stereocenters. The van der Waals surface area contributed by atoms with Crippen LogP contribution < -0.4 is 15.2 Å². The van der Waals surface area contributed by atoms with E-state index >= 15 is 0 Å². The number of anilines is 1. The Balaban J connectivity index is 2.14. The second-order valence-electron chi connectivity index (χ2n) is 4.36.